The van der Waals surface area contributed by atoms with Gasteiger partial charge in [-0.15, -0.1) is 0 Å². The van der Waals surface area contributed by atoms with Crippen LogP contribution < -0.4 is 15.5 Å². The molecular weight excluding hydrogens is 474 g/mol. The van der Waals surface area contributed by atoms with Gasteiger partial charge >= 0.3 is 12.1 Å². The summed E-state index contributed by atoms with van der Waals surface area (Å²) in [5.74, 6) is -4.49. The van der Waals surface area contributed by atoms with Gasteiger partial charge in [0.2, 0.25) is 11.2 Å². The topological polar surface area (TPSA) is 176 Å². The van der Waals surface area contributed by atoms with E-state index < -0.39 is 63.8 Å². The highest BCUT2D eigenvalue weighted by atomic mass is 16.6. The minimum absolute atomic E-state index is 0.0381. The van der Waals surface area contributed by atoms with Crippen LogP contribution in [0.5, 0.6) is 28.7 Å². The minimum Gasteiger partial charge on any atom is -0.508 e. The predicted octanol–water partition coefficient (Wildman–Crippen LogP) is 3.74. The normalized spacial score (nSPS) is 12.4. The molecule has 0 bridgehead atoms. The second-order valence-corrected chi connectivity index (χ2v) is 9.42. The van der Waals surface area contributed by atoms with Gasteiger partial charge < -0.3 is 39.6 Å². The van der Waals surface area contributed by atoms with E-state index in [1.807, 2.05) is 0 Å². The fraction of sp³-hybridized carbons (Fsp3) is 0.320. The molecule has 192 valence electrons. The Labute approximate surface area is 205 Å². The Hall–Kier alpha value is -4.41. The van der Waals surface area contributed by atoms with Crippen molar-refractivity contribution in [1.29, 1.82) is 0 Å². The number of aromatic hydroxyl groups is 4. The molecule has 5 N–H and O–H groups in total. The Morgan fingerprint density at radius 1 is 0.972 bits per heavy atom. The van der Waals surface area contributed by atoms with Gasteiger partial charge in [0.25, 0.3) is 0 Å². The summed E-state index contributed by atoms with van der Waals surface area (Å²) >= 11 is 0. The van der Waals surface area contributed by atoms with Crippen molar-refractivity contribution in [2.75, 3.05) is 0 Å². The van der Waals surface area contributed by atoms with Crippen molar-refractivity contribution < 1.29 is 43.9 Å². The zero-order valence-electron chi connectivity index (χ0n) is 20.3. The number of nitrogens with one attached hydrogen (secondary N) is 1. The Bertz CT molecular complexity index is 1380. The number of phenols is 4. The van der Waals surface area contributed by atoms with Crippen LogP contribution in [0.4, 0.5) is 4.79 Å². The predicted molar refractivity (Wildman–Crippen MR) is 128 cm³/mol. The summed E-state index contributed by atoms with van der Waals surface area (Å²) in [6.07, 6.45) is -0.875. The molecular formula is C25H27NO10. The minimum atomic E-state index is -1.23. The number of hydrogen-bond donors (Lipinski definition) is 5. The maximum Gasteiger partial charge on any atom is 0.408 e. The van der Waals surface area contributed by atoms with Crippen molar-refractivity contribution in [2.24, 2.45) is 5.92 Å². The second-order valence-electron chi connectivity index (χ2n) is 9.42. The molecule has 1 amide bonds. The van der Waals surface area contributed by atoms with Crippen LogP contribution >= 0.6 is 0 Å². The Balaban J connectivity index is 2.13. The van der Waals surface area contributed by atoms with Crippen molar-refractivity contribution in [1.82, 2.24) is 5.32 Å². The number of alkyl carbamates (subject to hydrolysis) is 1. The number of carbonyl (C=O) groups excluding carboxylic acids is 2. The molecule has 0 unspecified atom stereocenters. The number of ether oxygens (including phenoxy) is 2. The molecule has 11 heteroatoms. The number of carbonyl (C=O) groups is 2. The maximum absolute atomic E-state index is 13.3. The summed E-state index contributed by atoms with van der Waals surface area (Å²) in [6, 6.07) is 4.24. The number of rotatable bonds is 5. The molecule has 0 saturated carbocycles. The van der Waals surface area contributed by atoms with E-state index >= 15 is 0 Å². The van der Waals surface area contributed by atoms with Gasteiger partial charge in [-0.2, -0.15) is 0 Å². The third-order valence-corrected chi connectivity index (χ3v) is 4.95. The lowest BCUT2D eigenvalue weighted by atomic mass is 10.0. The van der Waals surface area contributed by atoms with Gasteiger partial charge in [0, 0.05) is 17.7 Å². The fourth-order valence-electron chi connectivity index (χ4n) is 3.31. The van der Waals surface area contributed by atoms with Crippen molar-refractivity contribution in [3.05, 3.63) is 40.6 Å². The first-order valence-electron chi connectivity index (χ1n) is 10.9. The molecule has 0 aliphatic heterocycles. The molecule has 3 aromatic rings. The van der Waals surface area contributed by atoms with Crippen molar-refractivity contribution in [2.45, 2.75) is 46.3 Å². The first-order chi connectivity index (χ1) is 16.7. The van der Waals surface area contributed by atoms with E-state index in [0.29, 0.717) is 0 Å². The summed E-state index contributed by atoms with van der Waals surface area (Å²) in [5.41, 5.74) is -1.97. The van der Waals surface area contributed by atoms with Crippen LogP contribution in [0.2, 0.25) is 0 Å². The highest BCUT2D eigenvalue weighted by molar-refractivity contribution is 5.90. The second kappa shape index (κ2) is 9.68. The molecule has 1 aromatic heterocycles. The van der Waals surface area contributed by atoms with Crippen LogP contribution in [0, 0.1) is 5.92 Å². The molecule has 36 heavy (non-hydrogen) atoms. The SMILES string of the molecule is CC(C)[C@H](NC(=O)OC(C)(C)C)C(=O)Oc1c(-c2ccc(O)c(O)c2)oc2cc(O)cc(O)c2c1=O. The molecule has 0 saturated heterocycles. The molecule has 0 spiro atoms. The van der Waals surface area contributed by atoms with Gasteiger partial charge in [-0.25, -0.2) is 9.59 Å². The van der Waals surface area contributed by atoms with Crippen LogP contribution in [0.15, 0.2) is 39.5 Å². The maximum atomic E-state index is 13.3. The zero-order valence-corrected chi connectivity index (χ0v) is 20.3. The van der Waals surface area contributed by atoms with Gasteiger partial charge in [0.1, 0.15) is 34.1 Å². The molecule has 0 aliphatic rings. The fourth-order valence-corrected chi connectivity index (χ4v) is 3.31. The van der Waals surface area contributed by atoms with Crippen LogP contribution in [0.3, 0.4) is 0 Å². The number of amides is 1. The molecule has 1 heterocycles. The van der Waals surface area contributed by atoms with E-state index in [1.54, 1.807) is 34.6 Å². The van der Waals surface area contributed by atoms with E-state index in [0.717, 1.165) is 24.3 Å². The molecule has 3 rings (SSSR count). The Morgan fingerprint density at radius 2 is 1.64 bits per heavy atom. The summed E-state index contributed by atoms with van der Waals surface area (Å²) in [6.45, 7) is 8.23. The average Bonchev–Trinajstić information content (AvgIpc) is 2.73. The van der Waals surface area contributed by atoms with E-state index in [9.17, 15) is 34.8 Å². The van der Waals surface area contributed by atoms with Crippen molar-refractivity contribution >= 4 is 23.0 Å². The van der Waals surface area contributed by atoms with Gasteiger partial charge in [-0.05, 0) is 44.9 Å². The molecule has 11 nitrogen and oxygen atoms in total. The molecule has 0 aliphatic carbocycles. The van der Waals surface area contributed by atoms with Gasteiger partial charge in [-0.1, -0.05) is 13.8 Å². The molecule has 0 radical (unpaired) electrons. The van der Waals surface area contributed by atoms with Crippen LogP contribution in [0.1, 0.15) is 34.6 Å². The van der Waals surface area contributed by atoms with E-state index in [1.165, 1.54) is 6.07 Å². The number of hydrogen-bond acceptors (Lipinski definition) is 10. The number of fused-ring (bicyclic) bond motifs is 1. The summed E-state index contributed by atoms with van der Waals surface area (Å²) in [4.78, 5) is 38.7. The van der Waals surface area contributed by atoms with Crippen LogP contribution in [-0.4, -0.2) is 44.1 Å². The summed E-state index contributed by atoms with van der Waals surface area (Å²) < 4.78 is 16.3. The largest absolute Gasteiger partial charge is 0.508 e. The van der Waals surface area contributed by atoms with E-state index in [4.69, 9.17) is 13.9 Å². The first-order valence-corrected chi connectivity index (χ1v) is 10.9. The average molecular weight is 501 g/mol. The Morgan fingerprint density at radius 3 is 2.22 bits per heavy atom. The third kappa shape index (κ3) is 5.62. The number of phenolic OH excluding ortho intramolecular Hbond substituents is 4. The highest BCUT2D eigenvalue weighted by Crippen LogP contribution is 2.38. The van der Waals surface area contributed by atoms with E-state index in [2.05, 4.69) is 5.32 Å². The summed E-state index contributed by atoms with van der Waals surface area (Å²) in [5, 5.41) is 41.7. The van der Waals surface area contributed by atoms with Crippen LogP contribution in [-0.2, 0) is 9.53 Å². The lowest BCUT2D eigenvalue weighted by Crippen LogP contribution is -2.48. The lowest BCUT2D eigenvalue weighted by molar-refractivity contribution is -0.138. The zero-order chi connectivity index (χ0) is 26.9. The monoisotopic (exact) mass is 501 g/mol. The third-order valence-electron chi connectivity index (χ3n) is 4.95. The standard InChI is InChI=1S/C25H27NO10/c1-11(2)19(26-24(33)36-25(3,4)5)23(32)35-22-20(31)18-16(30)9-13(27)10-17(18)34-21(22)12-6-7-14(28)15(29)8-12/h6-11,19,27-30H,1-5H3,(H,26,33)/t19-/m0/s1. The van der Waals surface area contributed by atoms with Crippen molar-refractivity contribution in [3.8, 4) is 40.1 Å². The quantitative estimate of drug-likeness (QED) is 0.256. The van der Waals surface area contributed by atoms with Gasteiger partial charge in [0.15, 0.2) is 17.3 Å². The van der Waals surface area contributed by atoms with Crippen LogP contribution in [0.25, 0.3) is 22.3 Å². The summed E-state index contributed by atoms with van der Waals surface area (Å²) in [7, 11) is 0. The Kier molecular flexibility index (Phi) is 7.05. The smallest absolute Gasteiger partial charge is 0.408 e. The highest BCUT2D eigenvalue weighted by Gasteiger charge is 2.31. The molecule has 0 fully saturated rings. The van der Waals surface area contributed by atoms with Gasteiger partial charge in [0.05, 0.1) is 0 Å². The first kappa shape index (κ1) is 26.2. The lowest BCUT2D eigenvalue weighted by Gasteiger charge is -2.24. The number of esters is 1. The molecule has 2 aromatic carbocycles. The number of benzene rings is 2. The molecule has 1 atom stereocenters. The van der Waals surface area contributed by atoms with E-state index in [-0.39, 0.29) is 22.3 Å². The van der Waals surface area contributed by atoms with Gasteiger partial charge in [-0.3, -0.25) is 4.79 Å². The van der Waals surface area contributed by atoms with Crippen molar-refractivity contribution in [3.63, 3.8) is 0 Å².